The molecule has 2 aromatic heterocycles. The number of esters is 1. The zero-order valence-electron chi connectivity index (χ0n) is 22.6. The second-order valence-electron chi connectivity index (χ2n) is 9.85. The van der Waals surface area contributed by atoms with Gasteiger partial charge >= 0.3 is 12.0 Å². The van der Waals surface area contributed by atoms with Gasteiger partial charge in [-0.3, -0.25) is 4.79 Å². The predicted octanol–water partition coefficient (Wildman–Crippen LogP) is 3.69. The molecule has 1 atom stereocenters. The van der Waals surface area contributed by atoms with Crippen LogP contribution < -0.4 is 10.2 Å². The molecule has 0 spiro atoms. The lowest BCUT2D eigenvalue weighted by atomic mass is 9.98. The molecule has 10 nitrogen and oxygen atoms in total. The van der Waals surface area contributed by atoms with E-state index in [0.29, 0.717) is 31.7 Å². The summed E-state index contributed by atoms with van der Waals surface area (Å²) in [5.74, 6) is 0.213. The topological polar surface area (TPSA) is 108 Å². The van der Waals surface area contributed by atoms with E-state index in [1.165, 1.54) is 11.3 Å². The quantitative estimate of drug-likeness (QED) is 0.438. The van der Waals surface area contributed by atoms with Gasteiger partial charge in [0.2, 0.25) is 0 Å². The molecule has 5 rings (SSSR count). The lowest BCUT2D eigenvalue weighted by molar-refractivity contribution is -0.145. The Balaban J connectivity index is 1.13. The highest BCUT2D eigenvalue weighted by Crippen LogP contribution is 2.31. The van der Waals surface area contributed by atoms with Crippen molar-refractivity contribution >= 4 is 35.1 Å². The number of urea groups is 1. The van der Waals surface area contributed by atoms with Crippen molar-refractivity contribution < 1.29 is 19.1 Å². The van der Waals surface area contributed by atoms with Gasteiger partial charge in [0, 0.05) is 56.8 Å². The number of piperidine rings is 1. The predicted molar refractivity (Wildman–Crippen MR) is 152 cm³/mol. The fourth-order valence-corrected chi connectivity index (χ4v) is 6.09. The number of pyridine rings is 1. The molecule has 2 aliphatic heterocycles. The van der Waals surface area contributed by atoms with Crippen LogP contribution in [-0.4, -0.2) is 83.6 Å². The van der Waals surface area contributed by atoms with Crippen LogP contribution in [0.4, 0.5) is 10.6 Å². The Bertz CT molecular complexity index is 1290. The summed E-state index contributed by atoms with van der Waals surface area (Å²) < 4.78 is 5.18. The molecule has 3 amide bonds. The molecule has 2 saturated heterocycles. The Kier molecular flexibility index (Phi) is 8.90. The molecule has 0 aliphatic carbocycles. The molecule has 40 heavy (non-hydrogen) atoms. The Hall–Kier alpha value is -3.99. The van der Waals surface area contributed by atoms with Crippen LogP contribution >= 0.6 is 11.3 Å². The average Bonchev–Trinajstić information content (AvgIpc) is 3.51. The molecule has 0 saturated carbocycles. The highest BCUT2D eigenvalue weighted by molar-refractivity contribution is 7.09. The summed E-state index contributed by atoms with van der Waals surface area (Å²) in [4.78, 5) is 53.8. The zero-order chi connectivity index (χ0) is 27.9. The van der Waals surface area contributed by atoms with Crippen molar-refractivity contribution in [1.82, 2.24) is 25.1 Å². The molecule has 2 aliphatic rings. The number of nitrogens with one attached hydrogen (secondary N) is 1. The minimum atomic E-state index is -0.904. The molecular formula is C29H34N6O4S. The van der Waals surface area contributed by atoms with Crippen LogP contribution in [-0.2, 0) is 9.53 Å². The monoisotopic (exact) mass is 562 g/mol. The van der Waals surface area contributed by atoms with Gasteiger partial charge in [-0.25, -0.2) is 19.6 Å². The number of aromatic nitrogens is 2. The number of nitrogens with zero attached hydrogens (tertiary/aromatic N) is 5. The first-order chi connectivity index (χ1) is 19.5. The SMILES string of the molecule is CCOC(=O)C(NC(=O)c1csc(C2CCN(C(=O)N3CCN(c4ccccn4)CC3)CC2)n1)c1ccccc1. The highest BCUT2D eigenvalue weighted by Gasteiger charge is 2.31. The summed E-state index contributed by atoms with van der Waals surface area (Å²) in [6, 6.07) is 14.1. The van der Waals surface area contributed by atoms with Gasteiger partial charge in [0.05, 0.1) is 11.6 Å². The molecule has 4 heterocycles. The number of anilines is 1. The molecule has 1 N–H and O–H groups in total. The summed E-state index contributed by atoms with van der Waals surface area (Å²) in [7, 11) is 0. The number of likely N-dealkylation sites (tertiary alicyclic amines) is 1. The zero-order valence-corrected chi connectivity index (χ0v) is 23.4. The van der Waals surface area contributed by atoms with Crippen LogP contribution in [0.15, 0.2) is 60.1 Å². The second-order valence-corrected chi connectivity index (χ2v) is 10.7. The third-order valence-corrected chi connectivity index (χ3v) is 8.33. The van der Waals surface area contributed by atoms with Crippen LogP contribution in [0.1, 0.15) is 52.8 Å². The van der Waals surface area contributed by atoms with E-state index in [-0.39, 0.29) is 24.2 Å². The highest BCUT2D eigenvalue weighted by atomic mass is 32.1. The van der Waals surface area contributed by atoms with Gasteiger partial charge in [-0.1, -0.05) is 36.4 Å². The van der Waals surface area contributed by atoms with Crippen molar-refractivity contribution in [2.45, 2.75) is 31.7 Å². The number of thiazole rings is 1. The molecular weight excluding hydrogens is 528 g/mol. The van der Waals surface area contributed by atoms with Crippen LogP contribution in [0, 0.1) is 0 Å². The van der Waals surface area contributed by atoms with Crippen molar-refractivity contribution in [1.29, 1.82) is 0 Å². The molecule has 0 bridgehead atoms. The number of hydrogen-bond donors (Lipinski definition) is 1. The fraction of sp³-hybridized carbons (Fsp3) is 0.414. The Morgan fingerprint density at radius 2 is 1.68 bits per heavy atom. The standard InChI is InChI=1S/C29H34N6O4S/c1-2-39-28(37)25(21-8-4-3-5-9-21)32-26(36)23-20-40-27(31-23)22-11-14-34(15-12-22)29(38)35-18-16-33(17-19-35)24-10-6-7-13-30-24/h3-10,13,20,22,25H,2,11-12,14-19H2,1H3,(H,32,36). The van der Waals surface area contributed by atoms with Crippen LogP contribution in [0.3, 0.4) is 0 Å². The van der Waals surface area contributed by atoms with Gasteiger partial charge in [0.1, 0.15) is 11.5 Å². The number of ether oxygens (including phenoxy) is 1. The Labute approximate surface area is 238 Å². The minimum absolute atomic E-state index is 0.0873. The molecule has 11 heteroatoms. The Morgan fingerprint density at radius 3 is 2.35 bits per heavy atom. The number of benzene rings is 1. The number of amides is 3. The van der Waals surface area contributed by atoms with E-state index in [1.807, 2.05) is 46.2 Å². The van der Waals surface area contributed by atoms with Crippen molar-refractivity contribution in [3.05, 3.63) is 76.4 Å². The third kappa shape index (κ3) is 6.41. The first-order valence-electron chi connectivity index (χ1n) is 13.7. The molecule has 1 aromatic carbocycles. The first-order valence-corrected chi connectivity index (χ1v) is 14.6. The van der Waals surface area contributed by atoms with Gasteiger partial charge in [-0.2, -0.15) is 0 Å². The van der Waals surface area contributed by atoms with E-state index < -0.39 is 17.9 Å². The number of carbonyl (C=O) groups excluding carboxylic acids is 3. The Morgan fingerprint density at radius 1 is 0.975 bits per heavy atom. The molecule has 1 unspecified atom stereocenters. The summed E-state index contributed by atoms with van der Waals surface area (Å²) in [5, 5.41) is 5.40. The second kappa shape index (κ2) is 12.9. The van der Waals surface area contributed by atoms with Gasteiger partial charge in [0.15, 0.2) is 6.04 Å². The number of carbonyl (C=O) groups is 3. The average molecular weight is 563 g/mol. The van der Waals surface area contributed by atoms with E-state index in [0.717, 1.165) is 36.8 Å². The lowest BCUT2D eigenvalue weighted by Gasteiger charge is -2.39. The molecule has 2 fully saturated rings. The lowest BCUT2D eigenvalue weighted by Crippen LogP contribution is -2.54. The van der Waals surface area contributed by atoms with E-state index >= 15 is 0 Å². The van der Waals surface area contributed by atoms with Crippen molar-refractivity contribution in [3.8, 4) is 0 Å². The number of hydrogen-bond acceptors (Lipinski definition) is 8. The molecule has 3 aromatic rings. The maximum absolute atomic E-state index is 13.2. The maximum atomic E-state index is 13.2. The van der Waals surface area contributed by atoms with Crippen LogP contribution in [0.5, 0.6) is 0 Å². The summed E-state index contributed by atoms with van der Waals surface area (Å²) in [5.41, 5.74) is 0.939. The van der Waals surface area contributed by atoms with Crippen molar-refractivity contribution in [2.24, 2.45) is 0 Å². The van der Waals surface area contributed by atoms with Crippen molar-refractivity contribution in [2.75, 3.05) is 50.8 Å². The van der Waals surface area contributed by atoms with Gasteiger partial charge < -0.3 is 24.8 Å². The van der Waals surface area contributed by atoms with Gasteiger partial charge in [-0.15, -0.1) is 11.3 Å². The molecule has 210 valence electrons. The first kappa shape index (κ1) is 27.6. The van der Waals surface area contributed by atoms with Crippen molar-refractivity contribution in [3.63, 3.8) is 0 Å². The fourth-order valence-electron chi connectivity index (χ4n) is 5.12. The van der Waals surface area contributed by atoms with E-state index in [2.05, 4.69) is 20.2 Å². The summed E-state index contributed by atoms with van der Waals surface area (Å²) in [6.45, 7) is 6.16. The summed E-state index contributed by atoms with van der Waals surface area (Å²) >= 11 is 1.45. The largest absolute Gasteiger partial charge is 0.464 e. The van der Waals surface area contributed by atoms with Crippen LogP contribution in [0.25, 0.3) is 0 Å². The van der Waals surface area contributed by atoms with E-state index in [1.54, 1.807) is 30.6 Å². The van der Waals surface area contributed by atoms with E-state index in [4.69, 9.17) is 4.74 Å². The number of rotatable bonds is 7. The molecule has 0 radical (unpaired) electrons. The van der Waals surface area contributed by atoms with E-state index in [9.17, 15) is 14.4 Å². The van der Waals surface area contributed by atoms with Crippen LogP contribution in [0.2, 0.25) is 0 Å². The maximum Gasteiger partial charge on any atom is 0.333 e. The minimum Gasteiger partial charge on any atom is -0.464 e. The number of piperazine rings is 1. The van der Waals surface area contributed by atoms with Gasteiger partial charge in [0.25, 0.3) is 5.91 Å². The normalized spacial score (nSPS) is 16.9. The third-order valence-electron chi connectivity index (χ3n) is 7.32. The smallest absolute Gasteiger partial charge is 0.333 e. The summed E-state index contributed by atoms with van der Waals surface area (Å²) in [6.07, 6.45) is 3.38. The van der Waals surface area contributed by atoms with Gasteiger partial charge in [-0.05, 0) is 37.5 Å².